The maximum atomic E-state index is 12.4. The minimum atomic E-state index is -0.184. The molecule has 134 valence electrons. The predicted octanol–water partition coefficient (Wildman–Crippen LogP) is 2.06. The van der Waals surface area contributed by atoms with Crippen molar-refractivity contribution in [2.45, 2.75) is 12.6 Å². The van der Waals surface area contributed by atoms with Gasteiger partial charge in [-0.1, -0.05) is 23.7 Å². The lowest BCUT2D eigenvalue weighted by Gasteiger charge is -2.35. The van der Waals surface area contributed by atoms with Gasteiger partial charge in [-0.05, 0) is 17.7 Å². The van der Waals surface area contributed by atoms with E-state index >= 15 is 0 Å². The second-order valence-corrected chi connectivity index (χ2v) is 7.14. The number of nitrogens with zero attached hydrogens (tertiary/aromatic N) is 2. The maximum absolute atomic E-state index is 12.4. The average Bonchev–Trinajstić information content (AvgIpc) is 3.12. The first-order chi connectivity index (χ1) is 12.2. The molecule has 0 aliphatic carbocycles. The summed E-state index contributed by atoms with van der Waals surface area (Å²) in [5, 5.41) is 6.17. The van der Waals surface area contributed by atoms with Gasteiger partial charge in [0.05, 0.1) is 19.3 Å². The molecule has 0 spiro atoms. The van der Waals surface area contributed by atoms with E-state index in [0.717, 1.165) is 23.7 Å². The summed E-state index contributed by atoms with van der Waals surface area (Å²) in [5.74, 6) is -0.184. The highest BCUT2D eigenvalue weighted by Crippen LogP contribution is 2.24. The fourth-order valence-electron chi connectivity index (χ4n) is 2.85. The molecule has 6 nitrogen and oxygen atoms in total. The third-order valence-electron chi connectivity index (χ3n) is 4.13. The van der Waals surface area contributed by atoms with Gasteiger partial charge in [0.1, 0.15) is 10.7 Å². The largest absolute Gasteiger partial charge is 0.379 e. The minimum absolute atomic E-state index is 0.0409. The molecule has 1 unspecified atom stereocenters. The highest BCUT2D eigenvalue weighted by Gasteiger charge is 2.24. The first kappa shape index (κ1) is 18.3. The summed E-state index contributed by atoms with van der Waals surface area (Å²) in [4.78, 5) is 18.9. The second kappa shape index (κ2) is 8.73. The van der Waals surface area contributed by atoms with Gasteiger partial charge in [-0.25, -0.2) is 4.98 Å². The molecular formula is C17H21ClN4O2S. The average molecular weight is 381 g/mol. The Morgan fingerprint density at radius 1 is 1.44 bits per heavy atom. The number of thiazole rings is 1. The SMILES string of the molecule is NCc1nc(C(=O)NCC(c2cccc(Cl)c2)N2CCOCC2)cs1. The first-order valence-electron chi connectivity index (χ1n) is 8.17. The lowest BCUT2D eigenvalue weighted by molar-refractivity contribution is 0.0162. The monoisotopic (exact) mass is 380 g/mol. The zero-order valence-corrected chi connectivity index (χ0v) is 15.4. The van der Waals surface area contributed by atoms with Crippen LogP contribution < -0.4 is 11.1 Å². The van der Waals surface area contributed by atoms with Gasteiger partial charge in [0, 0.05) is 36.6 Å². The van der Waals surface area contributed by atoms with E-state index in [4.69, 9.17) is 22.1 Å². The number of hydrogen-bond donors (Lipinski definition) is 2. The molecule has 1 atom stereocenters. The minimum Gasteiger partial charge on any atom is -0.379 e. The van der Waals surface area contributed by atoms with Crippen LogP contribution in [0.1, 0.15) is 27.1 Å². The zero-order chi connectivity index (χ0) is 17.6. The van der Waals surface area contributed by atoms with Gasteiger partial charge in [0.2, 0.25) is 0 Å². The van der Waals surface area contributed by atoms with Crippen molar-refractivity contribution in [1.82, 2.24) is 15.2 Å². The fraction of sp³-hybridized carbons (Fsp3) is 0.412. The molecule has 2 aromatic rings. The molecular weight excluding hydrogens is 360 g/mol. The van der Waals surface area contributed by atoms with Crippen LogP contribution in [0.2, 0.25) is 5.02 Å². The topological polar surface area (TPSA) is 80.5 Å². The standard InChI is InChI=1S/C17H21ClN4O2S/c18-13-3-1-2-12(8-13)15(22-4-6-24-7-5-22)10-20-17(23)14-11-25-16(9-19)21-14/h1-3,8,11,15H,4-7,9-10,19H2,(H,20,23). The van der Waals surface area contributed by atoms with E-state index < -0.39 is 0 Å². The molecule has 1 aliphatic heterocycles. The molecule has 3 N–H and O–H groups in total. The highest BCUT2D eigenvalue weighted by molar-refractivity contribution is 7.09. The summed E-state index contributed by atoms with van der Waals surface area (Å²) in [7, 11) is 0. The first-order valence-corrected chi connectivity index (χ1v) is 9.43. The third kappa shape index (κ3) is 4.77. The molecule has 1 amide bonds. The number of carbonyl (C=O) groups is 1. The molecule has 0 bridgehead atoms. The van der Waals surface area contributed by atoms with Crippen molar-refractivity contribution >= 4 is 28.8 Å². The van der Waals surface area contributed by atoms with Crippen molar-refractivity contribution in [2.24, 2.45) is 5.73 Å². The van der Waals surface area contributed by atoms with Crippen LogP contribution in [-0.4, -0.2) is 48.6 Å². The number of amides is 1. The van der Waals surface area contributed by atoms with Crippen molar-refractivity contribution in [1.29, 1.82) is 0 Å². The van der Waals surface area contributed by atoms with Crippen LogP contribution in [-0.2, 0) is 11.3 Å². The van der Waals surface area contributed by atoms with Crippen LogP contribution in [0.15, 0.2) is 29.6 Å². The van der Waals surface area contributed by atoms with Crippen molar-refractivity contribution in [3.63, 3.8) is 0 Å². The molecule has 3 rings (SSSR count). The number of aromatic nitrogens is 1. The number of halogens is 1. The Morgan fingerprint density at radius 3 is 2.92 bits per heavy atom. The number of ether oxygens (including phenoxy) is 1. The van der Waals surface area contributed by atoms with Gasteiger partial charge in [-0.15, -0.1) is 11.3 Å². The van der Waals surface area contributed by atoms with Gasteiger partial charge < -0.3 is 15.8 Å². The van der Waals surface area contributed by atoms with Crippen LogP contribution in [0.25, 0.3) is 0 Å². The molecule has 1 aromatic heterocycles. The number of morpholine rings is 1. The molecule has 1 aromatic carbocycles. The van der Waals surface area contributed by atoms with Crippen molar-refractivity contribution in [2.75, 3.05) is 32.8 Å². The fourth-order valence-corrected chi connectivity index (χ4v) is 3.70. The van der Waals surface area contributed by atoms with Crippen LogP contribution in [0.5, 0.6) is 0 Å². The predicted molar refractivity (Wildman–Crippen MR) is 98.9 cm³/mol. The van der Waals surface area contributed by atoms with Crippen molar-refractivity contribution in [3.8, 4) is 0 Å². The van der Waals surface area contributed by atoms with Crippen LogP contribution >= 0.6 is 22.9 Å². The molecule has 1 fully saturated rings. The molecule has 1 aliphatic rings. The molecule has 8 heteroatoms. The summed E-state index contributed by atoms with van der Waals surface area (Å²) < 4.78 is 5.44. The summed E-state index contributed by atoms with van der Waals surface area (Å²) in [6.45, 7) is 3.85. The van der Waals surface area contributed by atoms with E-state index in [2.05, 4.69) is 15.2 Å². The lowest BCUT2D eigenvalue weighted by atomic mass is 10.0. The van der Waals surface area contributed by atoms with Crippen LogP contribution in [0.3, 0.4) is 0 Å². The van der Waals surface area contributed by atoms with Crippen LogP contribution in [0.4, 0.5) is 0 Å². The van der Waals surface area contributed by atoms with Gasteiger partial charge in [0.15, 0.2) is 0 Å². The van der Waals surface area contributed by atoms with E-state index in [0.29, 0.717) is 37.0 Å². The molecule has 1 saturated heterocycles. The Labute approximate surface area is 155 Å². The molecule has 25 heavy (non-hydrogen) atoms. The Balaban J connectivity index is 1.71. The third-order valence-corrected chi connectivity index (χ3v) is 5.24. The van der Waals surface area contributed by atoms with E-state index in [1.807, 2.05) is 24.3 Å². The molecule has 0 radical (unpaired) electrons. The number of rotatable bonds is 6. The highest BCUT2D eigenvalue weighted by atomic mass is 35.5. The number of nitrogens with one attached hydrogen (secondary N) is 1. The summed E-state index contributed by atoms with van der Waals surface area (Å²) in [6, 6.07) is 7.81. The molecule has 0 saturated carbocycles. The summed E-state index contributed by atoms with van der Waals surface area (Å²) >= 11 is 7.55. The van der Waals surface area contributed by atoms with Gasteiger partial charge in [-0.2, -0.15) is 0 Å². The Morgan fingerprint density at radius 2 is 2.24 bits per heavy atom. The summed E-state index contributed by atoms with van der Waals surface area (Å²) in [6.07, 6.45) is 0. The van der Waals surface area contributed by atoms with E-state index in [-0.39, 0.29) is 11.9 Å². The Kier molecular flexibility index (Phi) is 6.39. The van der Waals surface area contributed by atoms with Gasteiger partial charge in [-0.3, -0.25) is 9.69 Å². The van der Waals surface area contributed by atoms with E-state index in [1.165, 1.54) is 11.3 Å². The van der Waals surface area contributed by atoms with Gasteiger partial charge in [0.25, 0.3) is 5.91 Å². The number of benzene rings is 1. The zero-order valence-electron chi connectivity index (χ0n) is 13.8. The maximum Gasteiger partial charge on any atom is 0.270 e. The van der Waals surface area contributed by atoms with E-state index in [1.54, 1.807) is 5.38 Å². The smallest absolute Gasteiger partial charge is 0.270 e. The lowest BCUT2D eigenvalue weighted by Crippen LogP contribution is -2.43. The van der Waals surface area contributed by atoms with Crippen LogP contribution in [0, 0.1) is 0 Å². The molecule has 2 heterocycles. The van der Waals surface area contributed by atoms with E-state index in [9.17, 15) is 4.79 Å². The number of hydrogen-bond acceptors (Lipinski definition) is 6. The summed E-state index contributed by atoms with van der Waals surface area (Å²) in [5.41, 5.74) is 7.05. The normalized spacial score (nSPS) is 16.6. The second-order valence-electron chi connectivity index (χ2n) is 5.76. The van der Waals surface area contributed by atoms with Crippen molar-refractivity contribution in [3.05, 3.63) is 50.9 Å². The number of nitrogens with two attached hydrogens (primary N) is 1. The quantitative estimate of drug-likeness (QED) is 0.801. The number of carbonyl (C=O) groups excluding carboxylic acids is 1. The van der Waals surface area contributed by atoms with Crippen molar-refractivity contribution < 1.29 is 9.53 Å². The Bertz CT molecular complexity index is 718. The Hall–Kier alpha value is -1.51. The van der Waals surface area contributed by atoms with Gasteiger partial charge >= 0.3 is 0 Å².